The highest BCUT2D eigenvalue weighted by Gasteiger charge is 2.54. The van der Waals surface area contributed by atoms with Crippen LogP contribution in [0.15, 0.2) is 30.6 Å². The van der Waals surface area contributed by atoms with Crippen molar-refractivity contribution in [3.8, 4) is 0 Å². The molecule has 0 N–H and O–H groups in total. The van der Waals surface area contributed by atoms with E-state index in [1.165, 1.54) is 0 Å². The van der Waals surface area contributed by atoms with Crippen molar-refractivity contribution in [2.45, 2.75) is 43.9 Å². The van der Waals surface area contributed by atoms with Gasteiger partial charge in [0.25, 0.3) is 0 Å². The summed E-state index contributed by atoms with van der Waals surface area (Å²) in [6.45, 7) is 7.88. The van der Waals surface area contributed by atoms with E-state index in [1.807, 2.05) is 18.2 Å². The summed E-state index contributed by atoms with van der Waals surface area (Å²) in [5, 5.41) is 0.467. The van der Waals surface area contributed by atoms with Crippen LogP contribution in [0.1, 0.15) is 16.7 Å². The van der Waals surface area contributed by atoms with Gasteiger partial charge in [-0.05, 0) is 42.1 Å². The van der Waals surface area contributed by atoms with Gasteiger partial charge in [0, 0.05) is 32.6 Å². The van der Waals surface area contributed by atoms with Gasteiger partial charge in [-0.2, -0.15) is 0 Å². The Labute approximate surface area is 165 Å². The fourth-order valence-electron chi connectivity index (χ4n) is 3.98. The molecule has 1 unspecified atom stereocenters. The lowest BCUT2D eigenvalue weighted by Gasteiger charge is -2.23. The number of halogens is 1. The Hall–Kier alpha value is -1.76. The maximum absolute atomic E-state index is 13.5. The van der Waals surface area contributed by atoms with Crippen molar-refractivity contribution in [3.05, 3.63) is 52.4 Å². The Bertz CT molecular complexity index is 899. The van der Waals surface area contributed by atoms with Gasteiger partial charge in [0.15, 0.2) is 0 Å². The first kappa shape index (κ1) is 18.6. The highest BCUT2D eigenvalue weighted by atomic mass is 35.5. The average molecular weight is 402 g/mol. The Morgan fingerprint density at radius 1 is 1.26 bits per heavy atom. The normalized spacial score (nSPS) is 21.0. The van der Waals surface area contributed by atoms with E-state index in [4.69, 9.17) is 16.3 Å². The van der Waals surface area contributed by atoms with Gasteiger partial charge in [-0.3, -0.25) is 9.69 Å². The number of rotatable bonds is 5. The number of nitrogens with zero attached hydrogens (tertiary/aromatic N) is 3. The summed E-state index contributed by atoms with van der Waals surface area (Å²) in [5.41, 5.74) is 2.56. The fourth-order valence-corrected chi connectivity index (χ4v) is 4.92. The van der Waals surface area contributed by atoms with E-state index in [0.717, 1.165) is 28.6 Å². The monoisotopic (exact) mass is 401 g/mol. The summed E-state index contributed by atoms with van der Waals surface area (Å²) in [7, 11) is -1.17. The standard InChI is InChI=1S/C20H24ClN3O2Si/c1-27(2,3)8-7-26-13-24-18-16(5-4-6-22-18)20(19(24)25)10-14-9-17(21)23-12-15(14)11-20/h4-6,9,12H,7-8,10-11,13H2,1-3H3. The molecule has 1 spiro atoms. The largest absolute Gasteiger partial charge is 0.361 e. The molecule has 0 radical (unpaired) electrons. The van der Waals surface area contributed by atoms with Crippen molar-refractivity contribution in [1.29, 1.82) is 0 Å². The molecule has 3 heterocycles. The average Bonchev–Trinajstić information content (AvgIpc) is 3.09. The van der Waals surface area contributed by atoms with Gasteiger partial charge in [-0.1, -0.05) is 37.3 Å². The molecule has 4 rings (SSSR count). The Kier molecular flexibility index (Phi) is 4.61. The molecule has 1 aliphatic heterocycles. The lowest BCUT2D eigenvalue weighted by molar-refractivity contribution is -0.124. The number of carbonyl (C=O) groups is 1. The van der Waals surface area contributed by atoms with Gasteiger partial charge in [-0.15, -0.1) is 0 Å². The first-order valence-corrected chi connectivity index (χ1v) is 13.4. The molecular formula is C20H24ClN3O2Si. The third kappa shape index (κ3) is 3.30. The Balaban J connectivity index is 1.60. The van der Waals surface area contributed by atoms with Crippen LogP contribution in [0.4, 0.5) is 5.82 Å². The maximum Gasteiger partial charge on any atom is 0.241 e. The molecule has 2 aliphatic rings. The second-order valence-electron chi connectivity index (χ2n) is 8.67. The van der Waals surface area contributed by atoms with Crippen LogP contribution in [0, 0.1) is 0 Å². The zero-order valence-corrected chi connectivity index (χ0v) is 17.7. The zero-order valence-electron chi connectivity index (χ0n) is 16.0. The predicted molar refractivity (Wildman–Crippen MR) is 109 cm³/mol. The summed E-state index contributed by atoms with van der Waals surface area (Å²) in [4.78, 5) is 23.9. The SMILES string of the molecule is C[Si](C)(C)CCOCN1C(=O)C2(Cc3cnc(Cl)cc3C2)c2cccnc21. The second-order valence-corrected chi connectivity index (χ2v) is 14.7. The minimum atomic E-state index is -1.17. The van der Waals surface area contributed by atoms with Crippen molar-refractivity contribution in [2.75, 3.05) is 18.2 Å². The van der Waals surface area contributed by atoms with Crippen LogP contribution < -0.4 is 4.90 Å². The molecule has 5 nitrogen and oxygen atoms in total. The number of fused-ring (bicyclic) bond motifs is 3. The van der Waals surface area contributed by atoms with Crippen LogP contribution >= 0.6 is 11.6 Å². The van der Waals surface area contributed by atoms with Crippen molar-refractivity contribution in [1.82, 2.24) is 9.97 Å². The smallest absolute Gasteiger partial charge is 0.241 e. The van der Waals surface area contributed by atoms with E-state index in [0.29, 0.717) is 24.6 Å². The number of carbonyl (C=O) groups excluding carboxylic acids is 1. The van der Waals surface area contributed by atoms with Crippen molar-refractivity contribution < 1.29 is 9.53 Å². The van der Waals surface area contributed by atoms with Gasteiger partial charge in [0.1, 0.15) is 17.7 Å². The van der Waals surface area contributed by atoms with Crippen molar-refractivity contribution in [3.63, 3.8) is 0 Å². The minimum Gasteiger partial charge on any atom is -0.361 e. The molecule has 27 heavy (non-hydrogen) atoms. The lowest BCUT2D eigenvalue weighted by atomic mass is 9.79. The van der Waals surface area contributed by atoms with Crippen LogP contribution in [0.3, 0.4) is 0 Å². The summed E-state index contributed by atoms with van der Waals surface area (Å²) < 4.78 is 5.89. The van der Waals surface area contributed by atoms with E-state index in [2.05, 4.69) is 29.6 Å². The molecule has 142 valence electrons. The number of aromatic nitrogens is 2. The quantitative estimate of drug-likeness (QED) is 0.434. The molecule has 0 saturated carbocycles. The lowest BCUT2D eigenvalue weighted by Crippen LogP contribution is -2.42. The molecule has 0 aromatic carbocycles. The summed E-state index contributed by atoms with van der Waals surface area (Å²) in [6, 6.07) is 6.87. The highest BCUT2D eigenvalue weighted by Crippen LogP contribution is 2.49. The molecule has 7 heteroatoms. The topological polar surface area (TPSA) is 55.3 Å². The number of ether oxygens (including phenoxy) is 1. The van der Waals surface area contributed by atoms with E-state index in [-0.39, 0.29) is 12.6 Å². The van der Waals surface area contributed by atoms with E-state index in [1.54, 1.807) is 17.3 Å². The van der Waals surface area contributed by atoms with Gasteiger partial charge in [0.05, 0.1) is 5.41 Å². The van der Waals surface area contributed by atoms with E-state index < -0.39 is 13.5 Å². The molecule has 2 aromatic heterocycles. The molecule has 0 bridgehead atoms. The fraction of sp³-hybridized carbons (Fsp3) is 0.450. The van der Waals surface area contributed by atoms with E-state index in [9.17, 15) is 4.79 Å². The third-order valence-corrected chi connectivity index (χ3v) is 7.37. The number of pyridine rings is 2. The van der Waals surface area contributed by atoms with Crippen molar-refractivity contribution >= 4 is 31.4 Å². The number of amides is 1. The van der Waals surface area contributed by atoms with Crippen LogP contribution in [-0.2, 0) is 27.8 Å². The van der Waals surface area contributed by atoms with Gasteiger partial charge in [0.2, 0.25) is 5.91 Å². The summed E-state index contributed by atoms with van der Waals surface area (Å²) in [6.07, 6.45) is 4.80. The highest BCUT2D eigenvalue weighted by molar-refractivity contribution is 6.76. The number of hydrogen-bond donors (Lipinski definition) is 0. The second kappa shape index (κ2) is 6.69. The van der Waals surface area contributed by atoms with E-state index >= 15 is 0 Å². The molecule has 0 fully saturated rings. The maximum atomic E-state index is 13.5. The van der Waals surface area contributed by atoms with Crippen molar-refractivity contribution in [2.24, 2.45) is 0 Å². The zero-order chi connectivity index (χ0) is 19.2. The van der Waals surface area contributed by atoms with Gasteiger partial charge >= 0.3 is 0 Å². The molecular weight excluding hydrogens is 378 g/mol. The first-order chi connectivity index (χ1) is 12.8. The Morgan fingerprint density at radius 2 is 2.04 bits per heavy atom. The number of anilines is 1. The molecule has 0 saturated heterocycles. The van der Waals surface area contributed by atoms with Crippen LogP contribution in [-0.4, -0.2) is 37.3 Å². The van der Waals surface area contributed by atoms with Gasteiger partial charge < -0.3 is 4.74 Å². The molecule has 1 atom stereocenters. The number of hydrogen-bond acceptors (Lipinski definition) is 4. The van der Waals surface area contributed by atoms with Crippen LogP contribution in [0.25, 0.3) is 0 Å². The molecule has 2 aromatic rings. The summed E-state index contributed by atoms with van der Waals surface area (Å²) in [5.74, 6) is 0.791. The summed E-state index contributed by atoms with van der Waals surface area (Å²) >= 11 is 6.07. The Morgan fingerprint density at radius 3 is 2.81 bits per heavy atom. The van der Waals surface area contributed by atoms with Crippen LogP contribution in [0.2, 0.25) is 30.8 Å². The molecule has 1 amide bonds. The van der Waals surface area contributed by atoms with Gasteiger partial charge in [-0.25, -0.2) is 9.97 Å². The predicted octanol–water partition coefficient (Wildman–Crippen LogP) is 3.83. The minimum absolute atomic E-state index is 0.0662. The third-order valence-electron chi connectivity index (χ3n) is 5.46. The molecule has 1 aliphatic carbocycles. The van der Waals surface area contributed by atoms with Crippen LogP contribution in [0.5, 0.6) is 0 Å². The first-order valence-electron chi connectivity index (χ1n) is 9.29.